The van der Waals surface area contributed by atoms with E-state index in [-0.39, 0.29) is 43.1 Å². The third-order valence-corrected chi connectivity index (χ3v) is 7.34. The van der Waals surface area contributed by atoms with E-state index in [1.165, 1.54) is 30.0 Å². The predicted octanol–water partition coefficient (Wildman–Crippen LogP) is 2.66. The lowest BCUT2D eigenvalue weighted by Gasteiger charge is -2.35. The minimum absolute atomic E-state index is 0.0360. The summed E-state index contributed by atoms with van der Waals surface area (Å²) in [6.07, 6.45) is -2.24. The molecule has 12 heteroatoms. The molecule has 3 rings (SSSR count). The normalized spacial score (nSPS) is 20.4. The summed E-state index contributed by atoms with van der Waals surface area (Å²) in [4.78, 5) is 14.0. The van der Waals surface area contributed by atoms with Crippen LogP contribution in [0.4, 0.5) is 13.2 Å². The van der Waals surface area contributed by atoms with Crippen LogP contribution in [0.2, 0.25) is 0 Å². The molecule has 0 bridgehead atoms. The lowest BCUT2D eigenvalue weighted by molar-refractivity contribution is -0.188. The number of benzene rings is 1. The second-order valence-corrected chi connectivity index (χ2v) is 10.1. The molecular formula is C19H25F3N2O5S2. The number of fused-ring (bicyclic) bond motifs is 1. The van der Waals surface area contributed by atoms with Gasteiger partial charge >= 0.3 is 6.18 Å². The van der Waals surface area contributed by atoms with Crippen molar-refractivity contribution in [2.45, 2.75) is 36.4 Å². The first kappa shape index (κ1) is 24.0. The highest BCUT2D eigenvalue weighted by molar-refractivity contribution is 7.98. The van der Waals surface area contributed by atoms with Crippen LogP contribution in [0.15, 0.2) is 23.1 Å². The molecule has 0 unspecified atom stereocenters. The molecule has 0 radical (unpaired) electrons. The number of ether oxygens (including phenoxy) is 2. The molecule has 0 aromatic heterocycles. The molecule has 7 nitrogen and oxygen atoms in total. The van der Waals surface area contributed by atoms with Crippen LogP contribution in [0.5, 0.6) is 11.5 Å². The highest BCUT2D eigenvalue weighted by Gasteiger charge is 2.43. The number of hydrogen-bond acceptors (Lipinski definition) is 6. The second kappa shape index (κ2) is 9.86. The molecule has 0 aliphatic carbocycles. The van der Waals surface area contributed by atoms with Crippen LogP contribution in [-0.4, -0.2) is 69.8 Å². The predicted molar refractivity (Wildman–Crippen MR) is 110 cm³/mol. The van der Waals surface area contributed by atoms with Crippen LogP contribution in [0.3, 0.4) is 0 Å². The molecule has 1 aromatic carbocycles. The third kappa shape index (κ3) is 5.98. The number of carbonyl (C=O) groups excluding carboxylic acids is 1. The van der Waals surface area contributed by atoms with E-state index in [0.717, 1.165) is 4.90 Å². The molecule has 1 aromatic rings. The fourth-order valence-corrected chi connectivity index (χ4v) is 5.29. The van der Waals surface area contributed by atoms with E-state index < -0.39 is 40.6 Å². The zero-order chi connectivity index (χ0) is 22.6. The van der Waals surface area contributed by atoms with Crippen molar-refractivity contribution in [2.24, 2.45) is 5.92 Å². The van der Waals surface area contributed by atoms with Crippen molar-refractivity contribution >= 4 is 27.7 Å². The highest BCUT2D eigenvalue weighted by Crippen LogP contribution is 2.34. The first-order chi connectivity index (χ1) is 14.6. The monoisotopic (exact) mass is 482 g/mol. The summed E-state index contributed by atoms with van der Waals surface area (Å²) in [5.41, 5.74) is 0. The lowest BCUT2D eigenvalue weighted by Crippen LogP contribution is -2.53. The van der Waals surface area contributed by atoms with Gasteiger partial charge in [0.1, 0.15) is 19.3 Å². The Balaban J connectivity index is 1.78. The number of piperidine rings is 1. The number of carbonyl (C=O) groups is 1. The number of halogens is 3. The summed E-state index contributed by atoms with van der Waals surface area (Å²) in [7, 11) is -4.11. The van der Waals surface area contributed by atoms with Gasteiger partial charge in [-0.05, 0) is 43.4 Å². The van der Waals surface area contributed by atoms with Gasteiger partial charge in [0.15, 0.2) is 11.5 Å². The van der Waals surface area contributed by atoms with Gasteiger partial charge in [-0.15, -0.1) is 0 Å². The van der Waals surface area contributed by atoms with E-state index in [9.17, 15) is 26.4 Å². The Bertz CT molecular complexity index is 895. The van der Waals surface area contributed by atoms with Crippen molar-refractivity contribution in [1.82, 2.24) is 9.62 Å². The first-order valence-electron chi connectivity index (χ1n) is 9.88. The Labute approximate surface area is 183 Å². The van der Waals surface area contributed by atoms with Crippen molar-refractivity contribution in [1.29, 1.82) is 0 Å². The number of rotatable bonds is 7. The Kier molecular flexibility index (Phi) is 7.63. The van der Waals surface area contributed by atoms with Gasteiger partial charge in [0, 0.05) is 19.2 Å². The molecule has 1 fully saturated rings. The van der Waals surface area contributed by atoms with Crippen LogP contribution in [0, 0.1) is 5.92 Å². The average Bonchev–Trinajstić information content (AvgIpc) is 2.75. The summed E-state index contributed by atoms with van der Waals surface area (Å²) in [5, 5.41) is 0. The maximum atomic E-state index is 13.1. The molecule has 2 heterocycles. The number of likely N-dealkylation sites (tertiary alicyclic amines) is 1. The van der Waals surface area contributed by atoms with Crippen LogP contribution in [0.25, 0.3) is 0 Å². The quantitative estimate of drug-likeness (QED) is 0.643. The molecule has 1 saturated heterocycles. The number of nitrogens with one attached hydrogen (secondary N) is 1. The summed E-state index contributed by atoms with van der Waals surface area (Å²) in [6.45, 7) is 0.363. The Hall–Kier alpha value is -1.66. The first-order valence-corrected chi connectivity index (χ1v) is 12.8. The number of alkyl halides is 3. The molecule has 174 valence electrons. The minimum atomic E-state index is -4.39. The van der Waals surface area contributed by atoms with Gasteiger partial charge < -0.3 is 14.4 Å². The highest BCUT2D eigenvalue weighted by atomic mass is 32.2. The maximum absolute atomic E-state index is 13.1. The van der Waals surface area contributed by atoms with Gasteiger partial charge in [0.2, 0.25) is 15.9 Å². The van der Waals surface area contributed by atoms with Crippen LogP contribution in [-0.2, 0) is 14.8 Å². The summed E-state index contributed by atoms with van der Waals surface area (Å²) in [5.74, 6) is -1.06. The zero-order valence-corrected chi connectivity index (χ0v) is 18.6. The fraction of sp³-hybridized carbons (Fsp3) is 0.632. The molecule has 31 heavy (non-hydrogen) atoms. The molecular weight excluding hydrogens is 457 g/mol. The standard InChI is InChI=1S/C19H25F3N2O5S2/c1-30-10-6-15(18(25)24-7-2-3-13(12-24)19(20,21)22)23-31(26,27)14-4-5-16-17(11-14)29-9-8-28-16/h4-5,11,13,15,23H,2-3,6-10,12H2,1H3/t13-,15+/m0/s1. The topological polar surface area (TPSA) is 84.9 Å². The van der Waals surface area contributed by atoms with Crippen LogP contribution < -0.4 is 14.2 Å². The molecule has 2 atom stereocenters. The number of thioether (sulfide) groups is 1. The zero-order valence-electron chi connectivity index (χ0n) is 17.0. The van der Waals surface area contributed by atoms with Crippen LogP contribution >= 0.6 is 11.8 Å². The smallest absolute Gasteiger partial charge is 0.393 e. The van der Waals surface area contributed by atoms with E-state index in [2.05, 4.69) is 4.72 Å². The number of nitrogens with zero attached hydrogens (tertiary/aromatic N) is 1. The molecule has 2 aliphatic heterocycles. The van der Waals surface area contributed by atoms with E-state index in [1.807, 2.05) is 0 Å². The summed E-state index contributed by atoms with van der Waals surface area (Å²) in [6, 6.07) is 2.97. The molecule has 2 aliphatic rings. The molecule has 1 N–H and O–H groups in total. The number of hydrogen-bond donors (Lipinski definition) is 1. The Morgan fingerprint density at radius 2 is 2.00 bits per heavy atom. The summed E-state index contributed by atoms with van der Waals surface area (Å²) >= 11 is 1.42. The van der Waals surface area contributed by atoms with Gasteiger partial charge in [-0.1, -0.05) is 0 Å². The van der Waals surface area contributed by atoms with E-state index in [4.69, 9.17) is 9.47 Å². The van der Waals surface area contributed by atoms with Crippen molar-refractivity contribution in [3.63, 3.8) is 0 Å². The van der Waals surface area contributed by atoms with Gasteiger partial charge in [0.25, 0.3) is 0 Å². The van der Waals surface area contributed by atoms with Gasteiger partial charge in [-0.3, -0.25) is 4.79 Å². The van der Waals surface area contributed by atoms with Crippen molar-refractivity contribution in [3.05, 3.63) is 18.2 Å². The fourth-order valence-electron chi connectivity index (χ4n) is 3.58. The molecule has 1 amide bonds. The van der Waals surface area contributed by atoms with E-state index >= 15 is 0 Å². The number of amides is 1. The van der Waals surface area contributed by atoms with E-state index in [0.29, 0.717) is 18.1 Å². The minimum Gasteiger partial charge on any atom is -0.486 e. The molecule has 0 spiro atoms. The maximum Gasteiger partial charge on any atom is 0.393 e. The SMILES string of the molecule is CSCC[C@@H](NS(=O)(=O)c1ccc2c(c1)OCCO2)C(=O)N1CCC[C@H](C(F)(F)F)C1. The summed E-state index contributed by atoms with van der Waals surface area (Å²) < 4.78 is 78.5. The van der Waals surface area contributed by atoms with Gasteiger partial charge in [-0.25, -0.2) is 8.42 Å². The van der Waals surface area contributed by atoms with Gasteiger partial charge in [0.05, 0.1) is 10.8 Å². The largest absolute Gasteiger partial charge is 0.486 e. The van der Waals surface area contributed by atoms with E-state index in [1.54, 1.807) is 6.26 Å². The second-order valence-electron chi connectivity index (χ2n) is 7.43. The number of sulfonamides is 1. The van der Waals surface area contributed by atoms with Crippen LogP contribution in [0.1, 0.15) is 19.3 Å². The van der Waals surface area contributed by atoms with Gasteiger partial charge in [-0.2, -0.15) is 29.7 Å². The van der Waals surface area contributed by atoms with Crippen molar-refractivity contribution in [3.8, 4) is 11.5 Å². The Morgan fingerprint density at radius 3 is 2.68 bits per heavy atom. The lowest BCUT2D eigenvalue weighted by atomic mass is 9.97. The third-order valence-electron chi connectivity index (χ3n) is 5.23. The van der Waals surface area contributed by atoms with Crippen molar-refractivity contribution in [2.75, 3.05) is 38.3 Å². The molecule has 0 saturated carbocycles. The average molecular weight is 483 g/mol. The Morgan fingerprint density at radius 1 is 1.29 bits per heavy atom. The van der Waals surface area contributed by atoms with Crippen molar-refractivity contribution < 1.29 is 35.9 Å².